The van der Waals surface area contributed by atoms with Gasteiger partial charge in [0.05, 0.1) is 0 Å². The second-order valence-electron chi connectivity index (χ2n) is 6.25. The zero-order valence-corrected chi connectivity index (χ0v) is 13.9. The van der Waals surface area contributed by atoms with Crippen LogP contribution in [0.15, 0.2) is 72.8 Å². The quantitative estimate of drug-likeness (QED) is 0.384. The van der Waals surface area contributed by atoms with Crippen LogP contribution in [0.4, 0.5) is 0 Å². The van der Waals surface area contributed by atoms with E-state index >= 15 is 0 Å². The first kappa shape index (κ1) is 15.2. The maximum Gasteiger partial charge on any atom is 0.335 e. The minimum Gasteiger partial charge on any atom is -0.434 e. The predicted molar refractivity (Wildman–Crippen MR) is 99.9 cm³/mol. The summed E-state index contributed by atoms with van der Waals surface area (Å²) in [6, 6.07) is 19.9. The monoisotopic (exact) mass is 324 g/mol. The number of terminal acetylenes is 1. The fourth-order valence-electron chi connectivity index (χ4n) is 3.53. The molecule has 0 aliphatic heterocycles. The van der Waals surface area contributed by atoms with E-state index in [4.69, 9.17) is 11.2 Å². The zero-order valence-electron chi connectivity index (χ0n) is 13.9. The number of fused-ring (bicyclic) bond motifs is 5. The average Bonchev–Trinajstić information content (AvgIpc) is 2.92. The van der Waals surface area contributed by atoms with Gasteiger partial charge in [-0.15, -0.1) is 6.42 Å². The maximum absolute atomic E-state index is 12.3. The third-order valence-corrected chi connectivity index (χ3v) is 4.68. The summed E-state index contributed by atoms with van der Waals surface area (Å²) in [5.41, 5.74) is 2.76. The van der Waals surface area contributed by atoms with E-state index in [9.17, 15) is 4.79 Å². The summed E-state index contributed by atoms with van der Waals surface area (Å²) in [5, 5.41) is 2.21. The molecule has 0 amide bonds. The van der Waals surface area contributed by atoms with Crippen LogP contribution in [0.2, 0.25) is 0 Å². The van der Waals surface area contributed by atoms with Crippen molar-refractivity contribution in [1.29, 1.82) is 0 Å². The minimum atomic E-state index is -1.23. The van der Waals surface area contributed by atoms with Crippen molar-refractivity contribution in [3.63, 3.8) is 0 Å². The molecule has 1 unspecified atom stereocenters. The SMILES string of the molecule is C#CC1(OC(=O)C(=C)C)c2ccccc2-c2c1ccc1ccccc21. The Balaban J connectivity index is 2.09. The highest BCUT2D eigenvalue weighted by molar-refractivity contribution is 6.03. The Morgan fingerprint density at radius 1 is 1.04 bits per heavy atom. The van der Waals surface area contributed by atoms with Crippen LogP contribution in [-0.4, -0.2) is 5.97 Å². The van der Waals surface area contributed by atoms with Gasteiger partial charge in [0.25, 0.3) is 0 Å². The van der Waals surface area contributed by atoms with Gasteiger partial charge in [-0.05, 0) is 34.7 Å². The van der Waals surface area contributed by atoms with E-state index in [1.165, 1.54) is 0 Å². The van der Waals surface area contributed by atoms with Crippen LogP contribution < -0.4 is 0 Å². The summed E-state index contributed by atoms with van der Waals surface area (Å²) in [5.74, 6) is 2.26. The number of ether oxygens (including phenoxy) is 1. The van der Waals surface area contributed by atoms with E-state index in [1.807, 2.05) is 48.5 Å². The lowest BCUT2D eigenvalue weighted by Gasteiger charge is -2.26. The second kappa shape index (κ2) is 5.36. The molecule has 0 fully saturated rings. The molecule has 120 valence electrons. The largest absolute Gasteiger partial charge is 0.434 e. The number of rotatable bonds is 2. The molecule has 3 aromatic carbocycles. The van der Waals surface area contributed by atoms with Crippen molar-refractivity contribution in [3.8, 4) is 23.5 Å². The van der Waals surface area contributed by atoms with Crippen LogP contribution in [0.3, 0.4) is 0 Å². The minimum absolute atomic E-state index is 0.321. The van der Waals surface area contributed by atoms with Gasteiger partial charge in [-0.1, -0.05) is 67.2 Å². The van der Waals surface area contributed by atoms with Gasteiger partial charge in [0, 0.05) is 16.7 Å². The van der Waals surface area contributed by atoms with Crippen molar-refractivity contribution in [3.05, 3.63) is 83.9 Å². The van der Waals surface area contributed by atoms with Crippen LogP contribution in [0.25, 0.3) is 21.9 Å². The molecule has 0 spiro atoms. The first-order valence-corrected chi connectivity index (χ1v) is 8.07. The van der Waals surface area contributed by atoms with E-state index in [2.05, 4.69) is 24.6 Å². The van der Waals surface area contributed by atoms with Crippen LogP contribution in [0.1, 0.15) is 18.1 Å². The predicted octanol–water partition coefficient (Wildman–Crippen LogP) is 4.82. The highest BCUT2D eigenvalue weighted by atomic mass is 16.6. The third kappa shape index (κ3) is 2.03. The molecule has 0 radical (unpaired) electrons. The summed E-state index contributed by atoms with van der Waals surface area (Å²) in [6.45, 7) is 5.30. The maximum atomic E-state index is 12.3. The Labute approximate surface area is 146 Å². The molecular formula is C23H16O2. The molecule has 0 N–H and O–H groups in total. The molecule has 2 nitrogen and oxygen atoms in total. The smallest absolute Gasteiger partial charge is 0.335 e. The van der Waals surface area contributed by atoms with Gasteiger partial charge >= 0.3 is 5.97 Å². The lowest BCUT2D eigenvalue weighted by Crippen LogP contribution is -2.30. The van der Waals surface area contributed by atoms with Crippen molar-refractivity contribution in [2.75, 3.05) is 0 Å². The number of hydrogen-bond donors (Lipinski definition) is 0. The third-order valence-electron chi connectivity index (χ3n) is 4.68. The second-order valence-corrected chi connectivity index (χ2v) is 6.25. The van der Waals surface area contributed by atoms with Crippen molar-refractivity contribution in [2.45, 2.75) is 12.5 Å². The fourth-order valence-corrected chi connectivity index (χ4v) is 3.53. The first-order valence-electron chi connectivity index (χ1n) is 8.07. The molecule has 1 aliphatic rings. The molecule has 1 atom stereocenters. The summed E-state index contributed by atoms with van der Waals surface area (Å²) < 4.78 is 5.84. The highest BCUT2D eigenvalue weighted by Gasteiger charge is 2.46. The summed E-state index contributed by atoms with van der Waals surface area (Å²) in [7, 11) is 0. The van der Waals surface area contributed by atoms with E-state index in [1.54, 1.807) is 6.92 Å². The Hall–Kier alpha value is -3.31. The molecule has 3 aromatic rings. The van der Waals surface area contributed by atoms with Crippen molar-refractivity contribution >= 4 is 16.7 Å². The zero-order chi connectivity index (χ0) is 17.6. The normalized spacial score (nSPS) is 17.4. The lowest BCUT2D eigenvalue weighted by atomic mass is 9.90. The van der Waals surface area contributed by atoms with Gasteiger partial charge in [-0.25, -0.2) is 4.79 Å². The van der Waals surface area contributed by atoms with Gasteiger partial charge in [-0.2, -0.15) is 0 Å². The molecule has 2 heteroatoms. The van der Waals surface area contributed by atoms with Gasteiger partial charge < -0.3 is 4.74 Å². The first-order chi connectivity index (χ1) is 12.1. The van der Waals surface area contributed by atoms with Crippen molar-refractivity contribution < 1.29 is 9.53 Å². The van der Waals surface area contributed by atoms with Gasteiger partial charge in [0.1, 0.15) is 0 Å². The standard InChI is InChI=1S/C23H16O2/c1-4-23(25-22(24)15(2)3)19-12-8-7-11-18(19)21-17-10-6-5-9-16(17)13-14-20(21)23/h1,5-14H,2H2,3H3. The van der Waals surface area contributed by atoms with E-state index in [0.717, 1.165) is 33.0 Å². The molecule has 1 aliphatic carbocycles. The van der Waals surface area contributed by atoms with Gasteiger partial charge in [0.15, 0.2) is 0 Å². The van der Waals surface area contributed by atoms with Crippen LogP contribution in [0.5, 0.6) is 0 Å². The molecule has 0 bridgehead atoms. The lowest BCUT2D eigenvalue weighted by molar-refractivity contribution is -0.146. The van der Waals surface area contributed by atoms with Gasteiger partial charge in [-0.3, -0.25) is 0 Å². The molecule has 0 aromatic heterocycles. The van der Waals surface area contributed by atoms with Crippen LogP contribution in [0, 0.1) is 12.3 Å². The molecule has 4 rings (SSSR count). The molecular weight excluding hydrogens is 308 g/mol. The topological polar surface area (TPSA) is 26.3 Å². The van der Waals surface area contributed by atoms with Crippen molar-refractivity contribution in [2.24, 2.45) is 0 Å². The van der Waals surface area contributed by atoms with Crippen LogP contribution >= 0.6 is 0 Å². The molecule has 25 heavy (non-hydrogen) atoms. The number of carbonyl (C=O) groups excluding carboxylic acids is 1. The number of hydrogen-bond acceptors (Lipinski definition) is 2. The molecule has 0 heterocycles. The Kier molecular flexibility index (Phi) is 3.26. The summed E-state index contributed by atoms with van der Waals surface area (Å²) in [6.07, 6.45) is 5.93. The number of carbonyl (C=O) groups is 1. The van der Waals surface area contributed by atoms with Gasteiger partial charge in [0.2, 0.25) is 5.60 Å². The molecule has 0 saturated heterocycles. The van der Waals surface area contributed by atoms with E-state index in [-0.39, 0.29) is 0 Å². The van der Waals surface area contributed by atoms with Crippen LogP contribution in [-0.2, 0) is 15.1 Å². The van der Waals surface area contributed by atoms with E-state index in [0.29, 0.717) is 5.57 Å². The fraction of sp³-hybridized carbons (Fsp3) is 0.0870. The Morgan fingerprint density at radius 3 is 2.52 bits per heavy atom. The Morgan fingerprint density at radius 2 is 1.76 bits per heavy atom. The number of esters is 1. The number of benzene rings is 3. The Bertz CT molecular complexity index is 1080. The summed E-state index contributed by atoms with van der Waals surface area (Å²) >= 11 is 0. The molecule has 0 saturated carbocycles. The van der Waals surface area contributed by atoms with E-state index < -0.39 is 11.6 Å². The van der Waals surface area contributed by atoms with Crippen molar-refractivity contribution in [1.82, 2.24) is 0 Å². The average molecular weight is 324 g/mol. The highest BCUT2D eigenvalue weighted by Crippen LogP contribution is 2.52. The summed E-state index contributed by atoms with van der Waals surface area (Å²) in [4.78, 5) is 12.3.